The van der Waals surface area contributed by atoms with Gasteiger partial charge in [0.15, 0.2) is 0 Å². The lowest BCUT2D eigenvalue weighted by Gasteiger charge is -2.11. The third-order valence-corrected chi connectivity index (χ3v) is 2.43. The summed E-state index contributed by atoms with van der Waals surface area (Å²) >= 11 is 1.99. The van der Waals surface area contributed by atoms with Gasteiger partial charge in [0.25, 0.3) is 0 Å². The summed E-state index contributed by atoms with van der Waals surface area (Å²) in [5.41, 5.74) is 0.681. The Bertz CT molecular complexity index is 331. The van der Waals surface area contributed by atoms with E-state index in [4.69, 9.17) is 5.11 Å². The number of alkyl halides is 2. The van der Waals surface area contributed by atoms with Crippen molar-refractivity contribution < 1.29 is 18.6 Å². The van der Waals surface area contributed by atoms with Crippen molar-refractivity contribution in [2.24, 2.45) is 0 Å². The van der Waals surface area contributed by atoms with Gasteiger partial charge in [-0.15, -0.1) is 0 Å². The van der Waals surface area contributed by atoms with Crippen LogP contribution in [0.25, 0.3) is 0 Å². The van der Waals surface area contributed by atoms with Crippen molar-refractivity contribution in [1.29, 1.82) is 0 Å². The summed E-state index contributed by atoms with van der Waals surface area (Å²) in [5.74, 6) is -0.242. The molecule has 1 atom stereocenters. The fourth-order valence-electron chi connectivity index (χ4n) is 1.10. The van der Waals surface area contributed by atoms with Crippen molar-refractivity contribution in [3.63, 3.8) is 0 Å². The molecule has 0 bridgehead atoms. The maximum absolute atomic E-state index is 12.0. The van der Waals surface area contributed by atoms with Crippen LogP contribution in [0.4, 0.5) is 8.78 Å². The van der Waals surface area contributed by atoms with Gasteiger partial charge in [0.2, 0.25) is 0 Å². The molecule has 0 aliphatic rings. The van der Waals surface area contributed by atoms with Gasteiger partial charge in [-0.05, 0) is 53.3 Å². The predicted molar refractivity (Wildman–Crippen MR) is 61.0 cm³/mol. The van der Waals surface area contributed by atoms with Gasteiger partial charge in [0.05, 0.1) is 0 Å². The minimum atomic E-state index is -2.84. The zero-order valence-corrected chi connectivity index (χ0v) is 9.95. The molecule has 0 aromatic heterocycles. The number of aliphatic hydroxyl groups excluding tert-OH is 1. The van der Waals surface area contributed by atoms with Crippen molar-refractivity contribution in [2.45, 2.75) is 12.5 Å². The first-order valence-electron chi connectivity index (χ1n) is 4.22. The molecule has 5 heteroatoms. The number of ether oxygens (including phenoxy) is 1. The van der Waals surface area contributed by atoms with E-state index in [2.05, 4.69) is 11.7 Å². The molecule has 2 nitrogen and oxygen atoms in total. The Kier molecular flexibility index (Phi) is 4.72. The number of hydrogen-bond donors (Lipinski definition) is 1. The molecule has 0 spiro atoms. The fraction of sp³-hybridized carbons (Fsp3) is 0.300. The molecular weight excluding hydrogens is 317 g/mol. The number of aliphatic hydroxyl groups is 1. The van der Waals surface area contributed by atoms with Gasteiger partial charge < -0.3 is 9.84 Å². The highest BCUT2D eigenvalue weighted by atomic mass is 127. The summed E-state index contributed by atoms with van der Waals surface area (Å²) in [4.78, 5) is 0. The largest absolute Gasteiger partial charge is 0.435 e. The van der Waals surface area contributed by atoms with Gasteiger partial charge in [-0.1, -0.05) is 0 Å². The molecule has 1 unspecified atom stereocenters. The highest BCUT2D eigenvalue weighted by Crippen LogP contribution is 2.25. The lowest BCUT2D eigenvalue weighted by atomic mass is 10.0. The Labute approximate surface area is 100 Å². The van der Waals surface area contributed by atoms with Gasteiger partial charge in [-0.25, -0.2) is 0 Å². The molecule has 83 valence electrons. The maximum atomic E-state index is 12.0. The molecule has 1 N–H and O–H groups in total. The quantitative estimate of drug-likeness (QED) is 0.862. The first kappa shape index (κ1) is 12.6. The summed E-state index contributed by atoms with van der Waals surface area (Å²) in [7, 11) is 0. The summed E-state index contributed by atoms with van der Waals surface area (Å²) in [5, 5.41) is 8.90. The molecular formula is C10H10F2IO2. The Morgan fingerprint density at radius 1 is 1.40 bits per heavy atom. The molecule has 0 fully saturated rings. The second-order valence-corrected chi connectivity index (χ2v) is 4.22. The minimum absolute atomic E-state index is 0.0917. The molecule has 1 radical (unpaired) electrons. The van der Waals surface area contributed by atoms with E-state index in [0.29, 0.717) is 5.56 Å². The van der Waals surface area contributed by atoms with Gasteiger partial charge >= 0.3 is 6.61 Å². The second-order valence-electron chi connectivity index (χ2n) is 2.98. The number of benzene rings is 1. The lowest BCUT2D eigenvalue weighted by molar-refractivity contribution is -0.0499. The number of halogens is 3. The first-order chi connectivity index (χ1) is 7.02. The van der Waals surface area contributed by atoms with E-state index in [-0.39, 0.29) is 18.3 Å². The lowest BCUT2D eigenvalue weighted by Crippen LogP contribution is -2.04. The Morgan fingerprint density at radius 2 is 2.07 bits per heavy atom. The van der Waals surface area contributed by atoms with Gasteiger partial charge in [-0.3, -0.25) is 0 Å². The van der Waals surface area contributed by atoms with Crippen molar-refractivity contribution in [3.05, 3.63) is 34.3 Å². The van der Waals surface area contributed by atoms with E-state index in [1.807, 2.05) is 22.6 Å². The maximum Gasteiger partial charge on any atom is 0.387 e. The number of rotatable bonds is 4. The Balaban J connectivity index is 2.94. The van der Waals surface area contributed by atoms with Crippen molar-refractivity contribution in [3.8, 4) is 5.75 Å². The van der Waals surface area contributed by atoms with E-state index in [9.17, 15) is 8.78 Å². The fourth-order valence-corrected chi connectivity index (χ4v) is 1.76. The standard InChI is InChI=1S/C10H10F2IO2/c1-6(5-14)7-2-8(13)4-9(3-7)15-10(11)12/h2-4,6,10,14H,1,5H2. The minimum Gasteiger partial charge on any atom is -0.435 e. The van der Waals surface area contributed by atoms with Gasteiger partial charge in [-0.2, -0.15) is 8.78 Å². The van der Waals surface area contributed by atoms with Crippen LogP contribution in [0.2, 0.25) is 0 Å². The summed E-state index contributed by atoms with van der Waals surface area (Å²) < 4.78 is 29.0. The van der Waals surface area contributed by atoms with Crippen molar-refractivity contribution >= 4 is 22.6 Å². The normalized spacial score (nSPS) is 12.9. The van der Waals surface area contributed by atoms with Crippen LogP contribution in [0, 0.1) is 10.5 Å². The molecule has 0 heterocycles. The zero-order chi connectivity index (χ0) is 11.4. The van der Waals surface area contributed by atoms with Crippen molar-refractivity contribution in [2.75, 3.05) is 6.61 Å². The molecule has 0 amide bonds. The van der Waals surface area contributed by atoms with Crippen LogP contribution in [0.3, 0.4) is 0 Å². The van der Waals surface area contributed by atoms with Crippen LogP contribution in [-0.4, -0.2) is 18.3 Å². The topological polar surface area (TPSA) is 29.5 Å². The van der Waals surface area contributed by atoms with Crippen LogP contribution in [0.1, 0.15) is 11.5 Å². The summed E-state index contributed by atoms with van der Waals surface area (Å²) in [6.45, 7) is 0.722. The third-order valence-electron chi connectivity index (χ3n) is 1.81. The molecule has 0 aliphatic heterocycles. The van der Waals surface area contributed by atoms with Gasteiger partial charge in [0.1, 0.15) is 5.75 Å². The van der Waals surface area contributed by atoms with Crippen molar-refractivity contribution in [1.82, 2.24) is 0 Å². The van der Waals surface area contributed by atoms with E-state index < -0.39 is 6.61 Å². The molecule has 0 saturated carbocycles. The van der Waals surface area contributed by atoms with Crippen LogP contribution < -0.4 is 4.74 Å². The second kappa shape index (κ2) is 5.60. The molecule has 0 aliphatic carbocycles. The third kappa shape index (κ3) is 3.90. The number of hydrogen-bond acceptors (Lipinski definition) is 2. The summed E-state index contributed by atoms with van der Waals surface area (Å²) in [6.07, 6.45) is 0. The average molecular weight is 327 g/mol. The first-order valence-corrected chi connectivity index (χ1v) is 5.30. The SMILES string of the molecule is [CH2]C(CO)c1cc(I)cc(OC(F)F)c1. The van der Waals surface area contributed by atoms with Crippen LogP contribution >= 0.6 is 22.6 Å². The van der Waals surface area contributed by atoms with E-state index in [1.165, 1.54) is 12.1 Å². The van der Waals surface area contributed by atoms with E-state index >= 15 is 0 Å². The summed E-state index contributed by atoms with van der Waals surface area (Å²) in [6, 6.07) is 4.73. The van der Waals surface area contributed by atoms with Gasteiger partial charge in [0, 0.05) is 16.1 Å². The van der Waals surface area contributed by atoms with Crippen LogP contribution in [0.15, 0.2) is 18.2 Å². The average Bonchev–Trinajstić information content (AvgIpc) is 2.14. The highest BCUT2D eigenvalue weighted by Gasteiger charge is 2.10. The molecule has 1 aromatic rings. The Morgan fingerprint density at radius 3 is 2.60 bits per heavy atom. The van der Waals surface area contributed by atoms with E-state index in [1.54, 1.807) is 6.07 Å². The highest BCUT2D eigenvalue weighted by molar-refractivity contribution is 14.1. The molecule has 1 rings (SSSR count). The van der Waals surface area contributed by atoms with E-state index in [0.717, 1.165) is 3.57 Å². The van der Waals surface area contributed by atoms with Crippen LogP contribution in [0.5, 0.6) is 5.75 Å². The zero-order valence-electron chi connectivity index (χ0n) is 7.79. The molecule has 1 aromatic carbocycles. The monoisotopic (exact) mass is 327 g/mol. The predicted octanol–water partition coefficient (Wildman–Crippen LogP) is 2.80. The molecule has 15 heavy (non-hydrogen) atoms. The molecule has 0 saturated heterocycles. The Hall–Kier alpha value is -0.430. The smallest absolute Gasteiger partial charge is 0.387 e. The van der Waals surface area contributed by atoms with Crippen LogP contribution in [-0.2, 0) is 0 Å².